The Morgan fingerprint density at radius 3 is 2.50 bits per heavy atom. The molecular weight excluding hydrogens is 348 g/mol. The number of carbonyl (C=O) groups excluding carboxylic acids is 2. The Labute approximate surface area is 148 Å². The molecule has 0 unspecified atom stereocenters. The van der Waals surface area contributed by atoms with E-state index in [2.05, 4.69) is 4.74 Å². The number of aliphatic hydroxyl groups excluding tert-OH is 2. The van der Waals surface area contributed by atoms with Gasteiger partial charge in [-0.2, -0.15) is 0 Å². The lowest BCUT2D eigenvalue weighted by atomic mass is 9.79. The molecule has 0 radical (unpaired) electrons. The number of hydrogen-bond donors (Lipinski definition) is 5. The molecule has 0 amide bonds. The van der Waals surface area contributed by atoms with Gasteiger partial charge in [-0.1, -0.05) is 6.07 Å². The van der Waals surface area contributed by atoms with Gasteiger partial charge in [-0.05, 0) is 23.8 Å². The molecule has 1 aromatic rings. The average Bonchev–Trinajstić information content (AvgIpc) is 2.59. The van der Waals surface area contributed by atoms with Gasteiger partial charge in [-0.15, -0.1) is 0 Å². The molecule has 2 rings (SSSR count). The molecular formula is C17H20O9. The molecule has 142 valence electrons. The van der Waals surface area contributed by atoms with Crippen LogP contribution in [0.25, 0.3) is 6.08 Å². The van der Waals surface area contributed by atoms with E-state index in [-0.39, 0.29) is 11.5 Å². The monoisotopic (exact) mass is 368 g/mol. The maximum atomic E-state index is 11.9. The molecule has 9 heteroatoms. The molecule has 4 atom stereocenters. The summed E-state index contributed by atoms with van der Waals surface area (Å²) >= 11 is 0. The van der Waals surface area contributed by atoms with Crippen molar-refractivity contribution >= 4 is 18.0 Å². The van der Waals surface area contributed by atoms with Gasteiger partial charge in [0.1, 0.15) is 12.2 Å². The van der Waals surface area contributed by atoms with Gasteiger partial charge in [0.25, 0.3) is 0 Å². The third-order valence-corrected chi connectivity index (χ3v) is 4.11. The van der Waals surface area contributed by atoms with Gasteiger partial charge in [0.15, 0.2) is 17.1 Å². The van der Waals surface area contributed by atoms with Crippen LogP contribution in [-0.4, -0.2) is 68.5 Å². The molecule has 26 heavy (non-hydrogen) atoms. The van der Waals surface area contributed by atoms with Crippen LogP contribution in [0.1, 0.15) is 18.4 Å². The Kier molecular flexibility index (Phi) is 5.86. The zero-order chi connectivity index (χ0) is 19.5. The highest BCUT2D eigenvalue weighted by Gasteiger charge is 2.50. The first-order valence-electron chi connectivity index (χ1n) is 7.74. The number of phenolic OH excluding ortho intramolecular Hbond substituents is 2. The first-order chi connectivity index (χ1) is 12.2. The second-order valence-electron chi connectivity index (χ2n) is 6.05. The summed E-state index contributed by atoms with van der Waals surface area (Å²) in [6.07, 6.45) is -2.88. The number of aromatic hydroxyl groups is 2. The summed E-state index contributed by atoms with van der Waals surface area (Å²) in [5.74, 6) is -2.58. The van der Waals surface area contributed by atoms with Gasteiger partial charge in [-0.25, -0.2) is 9.59 Å². The van der Waals surface area contributed by atoms with Crippen LogP contribution in [0.3, 0.4) is 0 Å². The van der Waals surface area contributed by atoms with Crippen molar-refractivity contribution < 1.29 is 44.6 Å². The summed E-state index contributed by atoms with van der Waals surface area (Å²) in [5, 5.41) is 48.7. The van der Waals surface area contributed by atoms with Crippen molar-refractivity contribution in [3.63, 3.8) is 0 Å². The van der Waals surface area contributed by atoms with Crippen molar-refractivity contribution in [2.24, 2.45) is 0 Å². The molecule has 5 N–H and O–H groups in total. The van der Waals surface area contributed by atoms with Crippen molar-refractivity contribution in [1.29, 1.82) is 0 Å². The molecule has 0 saturated heterocycles. The van der Waals surface area contributed by atoms with Gasteiger partial charge in [0, 0.05) is 18.9 Å². The van der Waals surface area contributed by atoms with E-state index in [1.54, 1.807) is 0 Å². The predicted molar refractivity (Wildman–Crippen MR) is 86.9 cm³/mol. The molecule has 0 bridgehead atoms. The highest BCUT2D eigenvalue weighted by molar-refractivity contribution is 5.87. The molecule has 9 nitrogen and oxygen atoms in total. The SMILES string of the molecule is COC(=O)[C@@]1(O)C[C@H](OC(=O)/C=C/c2ccc(O)c(O)c2)[C@H](O)[C@@H](O)C1. The largest absolute Gasteiger partial charge is 0.504 e. The Balaban J connectivity index is 2.07. The molecule has 1 aliphatic carbocycles. The highest BCUT2D eigenvalue weighted by atomic mass is 16.6. The standard InChI is InChI=1S/C17H20O9/c1-25-16(23)17(24)7-12(20)15(22)13(8-17)26-14(21)5-3-9-2-4-10(18)11(19)6-9/h2-6,12-13,15,18-20,22,24H,7-8H2,1H3/b5-3+/t12-,13-,15+,17-/m0/s1. The molecule has 0 aliphatic heterocycles. The van der Waals surface area contributed by atoms with Gasteiger partial charge in [0.2, 0.25) is 0 Å². The van der Waals surface area contributed by atoms with E-state index < -0.39 is 48.7 Å². The number of esters is 2. The first kappa shape index (κ1) is 19.7. The fourth-order valence-corrected chi connectivity index (χ4v) is 2.72. The van der Waals surface area contributed by atoms with Gasteiger partial charge in [0.05, 0.1) is 13.2 Å². The van der Waals surface area contributed by atoms with Crippen molar-refractivity contribution in [3.8, 4) is 11.5 Å². The van der Waals surface area contributed by atoms with Crippen LogP contribution < -0.4 is 0 Å². The highest BCUT2D eigenvalue weighted by Crippen LogP contribution is 2.32. The van der Waals surface area contributed by atoms with Crippen molar-refractivity contribution in [1.82, 2.24) is 0 Å². The maximum absolute atomic E-state index is 11.9. The third kappa shape index (κ3) is 4.31. The van der Waals surface area contributed by atoms with Crippen molar-refractivity contribution in [2.45, 2.75) is 36.8 Å². The van der Waals surface area contributed by atoms with E-state index in [0.717, 1.165) is 13.2 Å². The lowest BCUT2D eigenvalue weighted by molar-refractivity contribution is -0.198. The number of hydrogen-bond acceptors (Lipinski definition) is 9. The van der Waals surface area contributed by atoms with Gasteiger partial charge < -0.3 is 35.0 Å². The van der Waals surface area contributed by atoms with Crippen molar-refractivity contribution in [2.75, 3.05) is 7.11 Å². The Hall–Kier alpha value is -2.62. The van der Waals surface area contributed by atoms with E-state index in [0.29, 0.717) is 5.56 Å². The topological polar surface area (TPSA) is 154 Å². The van der Waals surface area contributed by atoms with Crippen LogP contribution >= 0.6 is 0 Å². The minimum absolute atomic E-state index is 0.314. The predicted octanol–water partition coefficient (Wildman–Crippen LogP) is -0.558. The first-order valence-corrected chi connectivity index (χ1v) is 7.74. The number of benzene rings is 1. The third-order valence-electron chi connectivity index (χ3n) is 4.11. The minimum atomic E-state index is -2.08. The summed E-state index contributed by atoms with van der Waals surface area (Å²) in [6.45, 7) is 0. The fraction of sp³-hybridized carbons (Fsp3) is 0.412. The van der Waals surface area contributed by atoms with Gasteiger partial charge >= 0.3 is 11.9 Å². The van der Waals surface area contributed by atoms with Crippen LogP contribution in [-0.2, 0) is 19.1 Å². The molecule has 1 aliphatic rings. The molecule has 1 saturated carbocycles. The van der Waals surface area contributed by atoms with Crippen LogP contribution in [0.15, 0.2) is 24.3 Å². The number of phenols is 2. The number of rotatable bonds is 4. The van der Waals surface area contributed by atoms with Crippen LogP contribution in [0.2, 0.25) is 0 Å². The smallest absolute Gasteiger partial charge is 0.338 e. The summed E-state index contributed by atoms with van der Waals surface area (Å²) < 4.78 is 9.50. The van der Waals surface area contributed by atoms with E-state index >= 15 is 0 Å². The Morgan fingerprint density at radius 2 is 1.88 bits per heavy atom. The second kappa shape index (κ2) is 7.73. The van der Waals surface area contributed by atoms with Crippen LogP contribution in [0.5, 0.6) is 11.5 Å². The van der Waals surface area contributed by atoms with E-state index in [9.17, 15) is 35.1 Å². The zero-order valence-corrected chi connectivity index (χ0v) is 13.9. The molecule has 0 spiro atoms. The van der Waals surface area contributed by atoms with Crippen molar-refractivity contribution in [3.05, 3.63) is 29.8 Å². The molecule has 1 aromatic carbocycles. The average molecular weight is 368 g/mol. The van der Waals surface area contributed by atoms with E-state index in [4.69, 9.17) is 4.74 Å². The molecule has 0 heterocycles. The summed E-state index contributed by atoms with van der Waals surface area (Å²) in [5.41, 5.74) is -1.68. The molecule has 1 fully saturated rings. The van der Waals surface area contributed by atoms with Gasteiger partial charge in [-0.3, -0.25) is 0 Å². The van der Waals surface area contributed by atoms with E-state index in [1.807, 2.05) is 0 Å². The van der Waals surface area contributed by atoms with Crippen LogP contribution in [0, 0.1) is 0 Å². The lowest BCUT2D eigenvalue weighted by Gasteiger charge is -2.39. The normalized spacial score (nSPS) is 28.7. The number of carbonyl (C=O) groups is 2. The van der Waals surface area contributed by atoms with Crippen LogP contribution in [0.4, 0.5) is 0 Å². The molecule has 0 aromatic heterocycles. The second-order valence-corrected chi connectivity index (χ2v) is 6.05. The van der Waals surface area contributed by atoms with E-state index in [1.165, 1.54) is 24.3 Å². The summed E-state index contributed by atoms with van der Waals surface area (Å²) in [4.78, 5) is 23.6. The lowest BCUT2D eigenvalue weighted by Crippen LogP contribution is -2.57. The quantitative estimate of drug-likeness (QED) is 0.267. The number of ether oxygens (including phenoxy) is 2. The number of methoxy groups -OCH3 is 1. The zero-order valence-electron chi connectivity index (χ0n) is 13.9. The number of aliphatic hydroxyl groups is 3. The Bertz CT molecular complexity index is 714. The fourth-order valence-electron chi connectivity index (χ4n) is 2.72. The summed E-state index contributed by atoms with van der Waals surface area (Å²) in [7, 11) is 1.06. The summed E-state index contributed by atoms with van der Waals surface area (Å²) in [6, 6.07) is 3.89. The Morgan fingerprint density at radius 1 is 1.19 bits per heavy atom. The minimum Gasteiger partial charge on any atom is -0.504 e. The maximum Gasteiger partial charge on any atom is 0.338 e.